The molecule has 0 atom stereocenters. The highest BCUT2D eigenvalue weighted by Gasteiger charge is 2.18. The fourth-order valence-corrected chi connectivity index (χ4v) is 2.62. The molecule has 1 aliphatic rings. The van der Waals surface area contributed by atoms with Crippen LogP contribution >= 0.6 is 0 Å². The van der Waals surface area contributed by atoms with E-state index in [-0.39, 0.29) is 18.3 Å². The van der Waals surface area contributed by atoms with E-state index in [9.17, 15) is 9.59 Å². The van der Waals surface area contributed by atoms with E-state index in [1.807, 2.05) is 19.1 Å². The zero-order valence-electron chi connectivity index (χ0n) is 12.1. The van der Waals surface area contributed by atoms with E-state index in [1.54, 1.807) is 4.90 Å². The lowest BCUT2D eigenvalue weighted by atomic mass is 10.1. The van der Waals surface area contributed by atoms with E-state index in [2.05, 4.69) is 10.8 Å². The van der Waals surface area contributed by atoms with Crippen molar-refractivity contribution >= 4 is 11.9 Å². The highest BCUT2D eigenvalue weighted by atomic mass is 16.5. The Bertz CT molecular complexity index is 510. The number of fused-ring (bicyclic) bond motifs is 1. The zero-order chi connectivity index (χ0) is 14.5. The standard InChI is InChI=1S/C16H21NO3/c1-3-17(10-9-15(18)20-2)16(19)14-8-7-12-5-4-6-13(12)11-14/h7-8,11H,3-6,9-10H2,1-2H3. The smallest absolute Gasteiger partial charge is 0.307 e. The molecule has 0 bridgehead atoms. The predicted molar refractivity (Wildman–Crippen MR) is 76.7 cm³/mol. The van der Waals surface area contributed by atoms with Gasteiger partial charge in [0, 0.05) is 18.7 Å². The number of amides is 1. The van der Waals surface area contributed by atoms with Gasteiger partial charge < -0.3 is 9.64 Å². The number of hydrogen-bond acceptors (Lipinski definition) is 3. The SMILES string of the molecule is CCN(CCC(=O)OC)C(=O)c1ccc2c(c1)CCC2. The monoisotopic (exact) mass is 275 g/mol. The second-order valence-corrected chi connectivity index (χ2v) is 5.05. The summed E-state index contributed by atoms with van der Waals surface area (Å²) in [6.07, 6.45) is 3.59. The Balaban J connectivity index is 2.06. The van der Waals surface area contributed by atoms with Crippen molar-refractivity contribution in [1.82, 2.24) is 4.90 Å². The minimum Gasteiger partial charge on any atom is -0.469 e. The van der Waals surface area contributed by atoms with Crippen LogP contribution in [0.25, 0.3) is 0 Å². The minimum absolute atomic E-state index is 0.00824. The third-order valence-corrected chi connectivity index (χ3v) is 3.83. The summed E-state index contributed by atoms with van der Waals surface area (Å²) < 4.78 is 4.61. The third-order valence-electron chi connectivity index (χ3n) is 3.83. The molecule has 1 aliphatic carbocycles. The fraction of sp³-hybridized carbons (Fsp3) is 0.500. The van der Waals surface area contributed by atoms with Gasteiger partial charge in [0.05, 0.1) is 13.5 Å². The van der Waals surface area contributed by atoms with Crippen LogP contribution in [0.4, 0.5) is 0 Å². The maximum absolute atomic E-state index is 12.5. The molecule has 0 heterocycles. The maximum Gasteiger partial charge on any atom is 0.307 e. The summed E-state index contributed by atoms with van der Waals surface area (Å²) >= 11 is 0. The van der Waals surface area contributed by atoms with Crippen LogP contribution in [0.2, 0.25) is 0 Å². The number of esters is 1. The summed E-state index contributed by atoms with van der Waals surface area (Å²) in [5.41, 5.74) is 3.37. The quantitative estimate of drug-likeness (QED) is 0.774. The molecule has 1 aromatic rings. The Morgan fingerprint density at radius 1 is 1.25 bits per heavy atom. The number of ether oxygens (including phenoxy) is 1. The highest BCUT2D eigenvalue weighted by molar-refractivity contribution is 5.94. The van der Waals surface area contributed by atoms with Gasteiger partial charge in [0.15, 0.2) is 0 Å². The highest BCUT2D eigenvalue weighted by Crippen LogP contribution is 2.23. The summed E-state index contributed by atoms with van der Waals surface area (Å²) in [6.45, 7) is 2.91. The van der Waals surface area contributed by atoms with Crippen LogP contribution in [0.5, 0.6) is 0 Å². The van der Waals surface area contributed by atoms with Gasteiger partial charge in [0.1, 0.15) is 0 Å². The molecule has 0 N–H and O–H groups in total. The second kappa shape index (κ2) is 6.55. The molecule has 0 aliphatic heterocycles. The first-order valence-corrected chi connectivity index (χ1v) is 7.13. The molecule has 1 amide bonds. The van der Waals surface area contributed by atoms with Crippen molar-refractivity contribution in [1.29, 1.82) is 0 Å². The second-order valence-electron chi connectivity index (χ2n) is 5.05. The number of nitrogens with zero attached hydrogens (tertiary/aromatic N) is 1. The largest absolute Gasteiger partial charge is 0.469 e. The number of benzene rings is 1. The Kier molecular flexibility index (Phi) is 4.77. The Morgan fingerprint density at radius 2 is 2.00 bits per heavy atom. The molecule has 4 nitrogen and oxygen atoms in total. The fourth-order valence-electron chi connectivity index (χ4n) is 2.62. The van der Waals surface area contributed by atoms with Crippen molar-refractivity contribution in [2.75, 3.05) is 20.2 Å². The number of aryl methyl sites for hydroxylation is 2. The molecule has 0 unspecified atom stereocenters. The van der Waals surface area contributed by atoms with Crippen molar-refractivity contribution in [2.24, 2.45) is 0 Å². The topological polar surface area (TPSA) is 46.6 Å². The molecule has 1 aromatic carbocycles. The summed E-state index contributed by atoms with van der Waals surface area (Å²) in [6, 6.07) is 5.96. The van der Waals surface area contributed by atoms with Crippen LogP contribution in [-0.2, 0) is 22.4 Å². The van der Waals surface area contributed by atoms with Crippen molar-refractivity contribution < 1.29 is 14.3 Å². The normalized spacial score (nSPS) is 12.9. The van der Waals surface area contributed by atoms with Gasteiger partial charge >= 0.3 is 5.97 Å². The van der Waals surface area contributed by atoms with Gasteiger partial charge in [0.25, 0.3) is 5.91 Å². The lowest BCUT2D eigenvalue weighted by molar-refractivity contribution is -0.140. The number of rotatable bonds is 5. The number of carbonyl (C=O) groups is 2. The molecule has 2 rings (SSSR count). The van der Waals surface area contributed by atoms with Crippen molar-refractivity contribution in [2.45, 2.75) is 32.6 Å². The minimum atomic E-state index is -0.287. The van der Waals surface area contributed by atoms with Crippen LogP contribution < -0.4 is 0 Å². The van der Waals surface area contributed by atoms with E-state index in [1.165, 1.54) is 24.7 Å². The summed E-state index contributed by atoms with van der Waals surface area (Å²) in [7, 11) is 1.36. The first kappa shape index (κ1) is 14.6. The third kappa shape index (κ3) is 3.18. The Labute approximate surface area is 119 Å². The molecular weight excluding hydrogens is 254 g/mol. The van der Waals surface area contributed by atoms with Crippen molar-refractivity contribution in [3.8, 4) is 0 Å². The van der Waals surface area contributed by atoms with E-state index in [0.29, 0.717) is 13.1 Å². The molecule has 0 spiro atoms. The molecule has 0 aromatic heterocycles. The zero-order valence-corrected chi connectivity index (χ0v) is 12.1. The molecule has 4 heteroatoms. The molecule has 108 valence electrons. The predicted octanol–water partition coefficient (Wildman–Crippen LogP) is 2.20. The molecule has 0 radical (unpaired) electrons. The molecule has 20 heavy (non-hydrogen) atoms. The van der Waals surface area contributed by atoms with Gasteiger partial charge in [-0.05, 0) is 49.4 Å². The van der Waals surface area contributed by atoms with Gasteiger partial charge in [-0.25, -0.2) is 0 Å². The lowest BCUT2D eigenvalue weighted by Gasteiger charge is -2.20. The lowest BCUT2D eigenvalue weighted by Crippen LogP contribution is -2.33. The van der Waals surface area contributed by atoms with Gasteiger partial charge in [-0.1, -0.05) is 6.07 Å². The van der Waals surface area contributed by atoms with E-state index < -0.39 is 0 Å². The Morgan fingerprint density at radius 3 is 2.70 bits per heavy atom. The van der Waals surface area contributed by atoms with Gasteiger partial charge in [-0.2, -0.15) is 0 Å². The summed E-state index contributed by atoms with van der Waals surface area (Å²) in [5, 5.41) is 0. The first-order valence-electron chi connectivity index (χ1n) is 7.13. The van der Waals surface area contributed by atoms with Crippen LogP contribution in [-0.4, -0.2) is 37.0 Å². The summed E-state index contributed by atoms with van der Waals surface area (Å²) in [5.74, 6) is -0.295. The van der Waals surface area contributed by atoms with E-state index >= 15 is 0 Å². The van der Waals surface area contributed by atoms with E-state index in [0.717, 1.165) is 18.4 Å². The van der Waals surface area contributed by atoms with Gasteiger partial charge in [0.2, 0.25) is 0 Å². The van der Waals surface area contributed by atoms with Crippen LogP contribution in [0.15, 0.2) is 18.2 Å². The van der Waals surface area contributed by atoms with Crippen LogP contribution in [0, 0.1) is 0 Å². The average Bonchev–Trinajstić information content (AvgIpc) is 2.94. The summed E-state index contributed by atoms with van der Waals surface area (Å²) in [4.78, 5) is 25.3. The Hall–Kier alpha value is -1.84. The molecular formula is C16H21NO3. The van der Waals surface area contributed by atoms with Gasteiger partial charge in [-0.15, -0.1) is 0 Å². The van der Waals surface area contributed by atoms with Crippen molar-refractivity contribution in [3.05, 3.63) is 34.9 Å². The van der Waals surface area contributed by atoms with Gasteiger partial charge in [-0.3, -0.25) is 9.59 Å². The van der Waals surface area contributed by atoms with E-state index in [4.69, 9.17) is 0 Å². The average molecular weight is 275 g/mol. The molecule has 0 saturated carbocycles. The van der Waals surface area contributed by atoms with Crippen LogP contribution in [0.1, 0.15) is 41.3 Å². The van der Waals surface area contributed by atoms with Crippen molar-refractivity contribution in [3.63, 3.8) is 0 Å². The maximum atomic E-state index is 12.5. The first-order chi connectivity index (χ1) is 9.65. The van der Waals surface area contributed by atoms with Crippen LogP contribution in [0.3, 0.4) is 0 Å². The number of hydrogen-bond donors (Lipinski definition) is 0. The molecule has 0 fully saturated rings. The number of carbonyl (C=O) groups excluding carboxylic acids is 2. The number of methoxy groups -OCH3 is 1. The molecule has 0 saturated heterocycles.